The van der Waals surface area contributed by atoms with Gasteiger partial charge in [-0.25, -0.2) is 4.79 Å². The van der Waals surface area contributed by atoms with E-state index in [1.165, 1.54) is 51.4 Å². The van der Waals surface area contributed by atoms with Crippen LogP contribution in [0.3, 0.4) is 0 Å². The minimum Gasteiger partial charge on any atom is -0.455 e. The number of ether oxygens (including phenoxy) is 1. The van der Waals surface area contributed by atoms with Crippen molar-refractivity contribution in [2.75, 3.05) is 0 Å². The first-order valence-electron chi connectivity index (χ1n) is 7.66. The predicted molar refractivity (Wildman–Crippen MR) is 81.4 cm³/mol. The van der Waals surface area contributed by atoms with Gasteiger partial charge in [-0.05, 0) is 19.8 Å². The van der Waals surface area contributed by atoms with Crippen LogP contribution in [0.1, 0.15) is 77.6 Å². The highest BCUT2D eigenvalue weighted by molar-refractivity contribution is 5.87. The van der Waals surface area contributed by atoms with Gasteiger partial charge in [0.1, 0.15) is 6.61 Å². The molecule has 2 nitrogen and oxygen atoms in total. The highest BCUT2D eigenvalue weighted by atomic mass is 16.5. The average molecular weight is 266 g/mol. The van der Waals surface area contributed by atoms with Crippen molar-refractivity contribution >= 4 is 5.97 Å². The van der Waals surface area contributed by atoms with Crippen molar-refractivity contribution in [3.8, 4) is 0 Å². The molecule has 0 aromatic carbocycles. The molecule has 0 aliphatic carbocycles. The zero-order valence-corrected chi connectivity index (χ0v) is 12.6. The Morgan fingerprint density at radius 3 is 1.89 bits per heavy atom. The molecule has 19 heavy (non-hydrogen) atoms. The summed E-state index contributed by atoms with van der Waals surface area (Å²) in [6.07, 6.45) is 13.6. The van der Waals surface area contributed by atoms with Crippen molar-refractivity contribution in [1.29, 1.82) is 0 Å². The Bertz CT molecular complexity index is 233. The maximum absolute atomic E-state index is 11.1. The molecule has 0 spiro atoms. The summed E-state index contributed by atoms with van der Waals surface area (Å²) in [5, 5.41) is 0. The topological polar surface area (TPSA) is 26.3 Å². The van der Waals surface area contributed by atoms with E-state index in [4.69, 9.17) is 4.74 Å². The van der Waals surface area contributed by atoms with E-state index in [1.807, 2.05) is 0 Å². The molecule has 0 saturated heterocycles. The summed E-state index contributed by atoms with van der Waals surface area (Å²) in [5.74, 6) is -0.317. The third kappa shape index (κ3) is 13.4. The molecular formula is C17H30O2. The van der Waals surface area contributed by atoms with Gasteiger partial charge >= 0.3 is 5.97 Å². The van der Waals surface area contributed by atoms with Gasteiger partial charge in [0.2, 0.25) is 0 Å². The summed E-state index contributed by atoms with van der Waals surface area (Å²) in [4.78, 5) is 11.1. The van der Waals surface area contributed by atoms with Gasteiger partial charge in [-0.3, -0.25) is 0 Å². The zero-order valence-electron chi connectivity index (χ0n) is 12.6. The van der Waals surface area contributed by atoms with E-state index < -0.39 is 0 Å². The molecule has 0 unspecified atom stereocenters. The van der Waals surface area contributed by atoms with Crippen molar-refractivity contribution in [3.63, 3.8) is 0 Å². The van der Waals surface area contributed by atoms with Crippen LogP contribution in [0.15, 0.2) is 12.2 Å². The van der Waals surface area contributed by atoms with Gasteiger partial charge in [0.05, 0.1) is 0 Å². The van der Waals surface area contributed by atoms with E-state index in [-0.39, 0.29) is 5.97 Å². The first kappa shape index (κ1) is 18.2. The number of hydrogen-bond donors (Lipinski definition) is 0. The molecule has 2 heteroatoms. The van der Waals surface area contributed by atoms with Gasteiger partial charge in [-0.1, -0.05) is 71.3 Å². The fourth-order valence-electron chi connectivity index (χ4n) is 1.88. The molecule has 0 bridgehead atoms. The molecule has 110 valence electrons. The molecule has 0 fully saturated rings. The average Bonchev–Trinajstić information content (AvgIpc) is 2.39. The van der Waals surface area contributed by atoms with Crippen LogP contribution in [0.25, 0.3) is 0 Å². The molecule has 0 aliphatic heterocycles. The van der Waals surface area contributed by atoms with E-state index in [2.05, 4.69) is 13.5 Å². The summed E-state index contributed by atoms with van der Waals surface area (Å²) in [6, 6.07) is 0. The zero-order chi connectivity index (χ0) is 14.3. The van der Waals surface area contributed by atoms with Crippen molar-refractivity contribution in [1.82, 2.24) is 0 Å². The monoisotopic (exact) mass is 266 g/mol. The molecule has 0 aromatic rings. The molecule has 0 N–H and O–H groups in total. The normalized spacial score (nSPS) is 10.4. The van der Waals surface area contributed by atoms with Gasteiger partial charge in [0.25, 0.3) is 0 Å². The first-order chi connectivity index (χ1) is 9.18. The Morgan fingerprint density at radius 1 is 0.947 bits per heavy atom. The Morgan fingerprint density at radius 2 is 1.42 bits per heavy atom. The lowest BCUT2D eigenvalue weighted by Crippen LogP contribution is -2.02. The Hall–Kier alpha value is -0.790. The largest absolute Gasteiger partial charge is 0.455 e. The van der Waals surface area contributed by atoms with Gasteiger partial charge in [-0.15, -0.1) is 0 Å². The lowest BCUT2D eigenvalue weighted by atomic mass is 10.1. The summed E-state index contributed by atoms with van der Waals surface area (Å²) >= 11 is 0. The number of carbonyl (C=O) groups is 1. The second-order valence-corrected chi connectivity index (χ2v) is 5.18. The first-order valence-corrected chi connectivity index (χ1v) is 7.66. The second-order valence-electron chi connectivity index (χ2n) is 5.18. The standard InChI is InChI=1S/C17H30O2/c1-4-5-6-7-8-9-10-11-12-13-14-15-19-17(18)16(2)3/h15H,1-2,4-14H2,3H3. The van der Waals surface area contributed by atoms with Gasteiger partial charge < -0.3 is 4.74 Å². The highest BCUT2D eigenvalue weighted by Crippen LogP contribution is 2.12. The number of unbranched alkanes of at least 4 members (excludes halogenated alkanes) is 10. The Labute approximate surface area is 119 Å². The fourth-order valence-corrected chi connectivity index (χ4v) is 1.88. The summed E-state index contributed by atoms with van der Waals surface area (Å²) in [7, 11) is 0. The minimum absolute atomic E-state index is 0.317. The smallest absolute Gasteiger partial charge is 0.333 e. The van der Waals surface area contributed by atoms with E-state index in [9.17, 15) is 4.79 Å². The van der Waals surface area contributed by atoms with Gasteiger partial charge in [0, 0.05) is 5.57 Å². The van der Waals surface area contributed by atoms with Crippen LogP contribution in [-0.2, 0) is 9.53 Å². The van der Waals surface area contributed by atoms with Gasteiger partial charge in [-0.2, -0.15) is 0 Å². The predicted octanol–water partition coefficient (Wildman–Crippen LogP) is 5.39. The molecule has 0 aliphatic rings. The molecular weight excluding hydrogens is 236 g/mol. The third-order valence-electron chi connectivity index (χ3n) is 3.11. The van der Waals surface area contributed by atoms with Crippen molar-refractivity contribution in [2.45, 2.75) is 77.6 Å². The third-order valence-corrected chi connectivity index (χ3v) is 3.11. The Kier molecular flexibility index (Phi) is 13.1. The van der Waals surface area contributed by atoms with Crippen LogP contribution in [0, 0.1) is 13.5 Å². The van der Waals surface area contributed by atoms with E-state index in [0.29, 0.717) is 5.57 Å². The van der Waals surface area contributed by atoms with Crippen LogP contribution < -0.4 is 0 Å². The maximum atomic E-state index is 11.1. The summed E-state index contributed by atoms with van der Waals surface area (Å²) in [5.41, 5.74) is 0.454. The molecule has 0 amide bonds. The minimum atomic E-state index is -0.317. The van der Waals surface area contributed by atoms with E-state index >= 15 is 0 Å². The number of carbonyl (C=O) groups excluding carboxylic acids is 1. The van der Waals surface area contributed by atoms with E-state index in [0.717, 1.165) is 19.3 Å². The quantitative estimate of drug-likeness (QED) is 0.254. The Balaban J connectivity index is 3.07. The lowest BCUT2D eigenvalue weighted by Gasteiger charge is -2.04. The number of rotatable bonds is 13. The maximum Gasteiger partial charge on any atom is 0.333 e. The lowest BCUT2D eigenvalue weighted by molar-refractivity contribution is -0.135. The van der Waals surface area contributed by atoms with Crippen LogP contribution in [-0.4, -0.2) is 5.97 Å². The molecule has 0 atom stereocenters. The molecule has 0 heterocycles. The SMILES string of the molecule is [CH2]CCCCCCCCCCC[CH]OC(=O)C(=C)C. The second kappa shape index (κ2) is 13.6. The summed E-state index contributed by atoms with van der Waals surface area (Å²) in [6.45, 7) is 10.6. The van der Waals surface area contributed by atoms with E-state index in [1.54, 1.807) is 13.5 Å². The summed E-state index contributed by atoms with van der Waals surface area (Å²) < 4.78 is 4.92. The van der Waals surface area contributed by atoms with Crippen LogP contribution >= 0.6 is 0 Å². The molecule has 0 saturated carbocycles. The van der Waals surface area contributed by atoms with Crippen LogP contribution in [0.4, 0.5) is 0 Å². The molecule has 2 radical (unpaired) electrons. The van der Waals surface area contributed by atoms with Crippen LogP contribution in [0.2, 0.25) is 0 Å². The highest BCUT2D eigenvalue weighted by Gasteiger charge is 2.02. The van der Waals surface area contributed by atoms with Crippen LogP contribution in [0.5, 0.6) is 0 Å². The molecule has 0 rings (SSSR count). The van der Waals surface area contributed by atoms with Crippen molar-refractivity contribution in [3.05, 3.63) is 25.7 Å². The van der Waals surface area contributed by atoms with Crippen molar-refractivity contribution in [2.24, 2.45) is 0 Å². The number of hydrogen-bond acceptors (Lipinski definition) is 2. The molecule has 0 aromatic heterocycles. The van der Waals surface area contributed by atoms with Crippen molar-refractivity contribution < 1.29 is 9.53 Å². The fraction of sp³-hybridized carbons (Fsp3) is 0.706. The van der Waals surface area contributed by atoms with Gasteiger partial charge in [0.15, 0.2) is 0 Å². The number of esters is 1.